The molecule has 23 heavy (non-hydrogen) atoms. The molecule has 0 aromatic carbocycles. The van der Waals surface area contributed by atoms with E-state index in [0.29, 0.717) is 11.1 Å². The van der Waals surface area contributed by atoms with E-state index in [4.69, 9.17) is 29.3 Å². The molecule has 0 unspecified atom stereocenters. The average molecular weight is 454 g/mol. The normalized spacial score (nSPS) is 9.04. The maximum Gasteiger partial charge on any atom is 0.335 e. The molecular weight excluding hydrogens is 434 g/mol. The van der Waals surface area contributed by atoms with Crippen LogP contribution in [0.5, 0.6) is 0 Å². The molecule has 0 heterocycles. The Morgan fingerprint density at radius 3 is 1.26 bits per heavy atom. The Kier molecular flexibility index (Phi) is 49.6. The average Bonchev–Trinajstić information content (AvgIpc) is 2.37. The first-order chi connectivity index (χ1) is 9.51. The van der Waals surface area contributed by atoms with Crippen molar-refractivity contribution in [2.75, 3.05) is 0 Å². The fraction of sp³-hybridized carbons (Fsp3) is 0.455. The van der Waals surface area contributed by atoms with Gasteiger partial charge in [-0.1, -0.05) is 19.6 Å². The van der Waals surface area contributed by atoms with E-state index in [2.05, 4.69) is 21.4 Å². The summed E-state index contributed by atoms with van der Waals surface area (Å²) in [6.45, 7) is 6.71. The summed E-state index contributed by atoms with van der Waals surface area (Å²) >= 11 is 4.27. The molecule has 0 spiro atoms. The van der Waals surface area contributed by atoms with Crippen LogP contribution >= 0.6 is 45.4 Å². The van der Waals surface area contributed by atoms with E-state index in [-0.39, 0.29) is 25.1 Å². The summed E-state index contributed by atoms with van der Waals surface area (Å²) < 4.78 is 25.7. The second kappa shape index (κ2) is 29.7. The highest BCUT2D eigenvalue weighted by Gasteiger charge is 1.93. The number of carbonyl (C=O) groups is 2. The SMILES string of the molecule is C.C/C=C(/C)C(=O)Cl.C/C=C(/C)C(=O)O.Cl.O=S(Cl)Cl.O=S=O. The molecule has 12 heteroatoms. The lowest BCUT2D eigenvalue weighted by Crippen LogP contribution is -1.93. The van der Waals surface area contributed by atoms with Crippen molar-refractivity contribution in [3.05, 3.63) is 23.3 Å². The summed E-state index contributed by atoms with van der Waals surface area (Å²) in [4.78, 5) is 19.9. The monoisotopic (exact) mass is 452 g/mol. The molecule has 0 saturated carbocycles. The van der Waals surface area contributed by atoms with E-state index >= 15 is 0 Å². The number of halogens is 4. The zero-order valence-electron chi connectivity index (χ0n) is 12.0. The lowest BCUT2D eigenvalue weighted by molar-refractivity contribution is -0.132. The predicted molar refractivity (Wildman–Crippen MR) is 100 cm³/mol. The van der Waals surface area contributed by atoms with E-state index in [1.807, 2.05) is 0 Å². The number of carboxylic acid groups (broad SMARTS) is 1. The summed E-state index contributed by atoms with van der Waals surface area (Å²) in [5, 5.41) is 7.74. The highest BCUT2D eigenvalue weighted by Crippen LogP contribution is 1.95. The predicted octanol–water partition coefficient (Wildman–Crippen LogP) is 4.19. The van der Waals surface area contributed by atoms with Gasteiger partial charge in [-0.05, 0) is 39.3 Å². The lowest BCUT2D eigenvalue weighted by Gasteiger charge is -1.84. The van der Waals surface area contributed by atoms with Crippen LogP contribution < -0.4 is 0 Å². The van der Waals surface area contributed by atoms with Gasteiger partial charge in [0, 0.05) is 32.5 Å². The number of allylic oxidation sites excluding steroid dienone is 3. The van der Waals surface area contributed by atoms with Gasteiger partial charge in [0.25, 0.3) is 0 Å². The van der Waals surface area contributed by atoms with Crippen molar-refractivity contribution in [2.24, 2.45) is 0 Å². The number of carbonyl (C=O) groups excluding carboxylic acids is 1. The molecule has 0 amide bonds. The minimum absolute atomic E-state index is 0. The van der Waals surface area contributed by atoms with Crippen LogP contribution in [0.2, 0.25) is 0 Å². The van der Waals surface area contributed by atoms with Crippen molar-refractivity contribution >= 4 is 77.4 Å². The van der Waals surface area contributed by atoms with Gasteiger partial charge < -0.3 is 5.11 Å². The highest BCUT2D eigenvalue weighted by atomic mass is 36.0. The number of aliphatic carboxylic acids is 1. The van der Waals surface area contributed by atoms with Gasteiger partial charge in [0.1, 0.15) is 0 Å². The van der Waals surface area contributed by atoms with Crippen molar-refractivity contribution in [1.29, 1.82) is 0 Å². The van der Waals surface area contributed by atoms with E-state index < -0.39 is 26.8 Å². The minimum atomic E-state index is -1.67. The Bertz CT molecular complexity index is 400. The Morgan fingerprint density at radius 1 is 1.04 bits per heavy atom. The molecule has 6 nitrogen and oxygen atoms in total. The summed E-state index contributed by atoms with van der Waals surface area (Å²) in [6, 6.07) is 0. The van der Waals surface area contributed by atoms with Crippen molar-refractivity contribution in [2.45, 2.75) is 35.1 Å². The molecule has 140 valence electrons. The van der Waals surface area contributed by atoms with Crippen LogP contribution in [0.3, 0.4) is 0 Å². The first-order valence-electron chi connectivity index (χ1n) is 4.86. The van der Waals surface area contributed by atoms with Gasteiger partial charge in [0.15, 0.2) is 0 Å². The Morgan fingerprint density at radius 2 is 1.26 bits per heavy atom. The number of hydrogen-bond donors (Lipinski definition) is 1. The molecule has 0 aliphatic rings. The Labute approximate surface area is 162 Å². The van der Waals surface area contributed by atoms with Crippen LogP contribution in [-0.2, 0) is 30.4 Å². The second-order valence-electron chi connectivity index (χ2n) is 2.77. The zero-order chi connectivity index (χ0) is 18.0. The first-order valence-corrected chi connectivity index (χ1v) is 8.71. The van der Waals surface area contributed by atoms with Gasteiger partial charge in [-0.2, -0.15) is 8.42 Å². The van der Waals surface area contributed by atoms with Crippen molar-refractivity contribution in [3.63, 3.8) is 0 Å². The van der Waals surface area contributed by atoms with Crippen LogP contribution in [-0.4, -0.2) is 28.9 Å². The van der Waals surface area contributed by atoms with Gasteiger partial charge in [0.2, 0.25) is 14.5 Å². The highest BCUT2D eigenvalue weighted by molar-refractivity contribution is 8.26. The van der Waals surface area contributed by atoms with Crippen LogP contribution in [0.15, 0.2) is 23.3 Å². The molecule has 0 saturated heterocycles. The van der Waals surface area contributed by atoms with Crippen molar-refractivity contribution in [3.8, 4) is 0 Å². The van der Waals surface area contributed by atoms with E-state index in [1.54, 1.807) is 39.8 Å². The number of hydrogen-bond acceptors (Lipinski definition) is 5. The fourth-order valence-corrected chi connectivity index (χ4v) is 0.346. The molecule has 0 rings (SSSR count). The molecule has 0 bridgehead atoms. The Balaban J connectivity index is -0.0000000428. The molecule has 0 atom stereocenters. The smallest absolute Gasteiger partial charge is 0.335 e. The Hall–Kier alpha value is -0.250. The van der Waals surface area contributed by atoms with Gasteiger partial charge in [-0.3, -0.25) is 4.79 Å². The van der Waals surface area contributed by atoms with E-state index in [9.17, 15) is 9.59 Å². The maximum atomic E-state index is 10.1. The van der Waals surface area contributed by atoms with Crippen LogP contribution in [0.1, 0.15) is 35.1 Å². The van der Waals surface area contributed by atoms with Crippen molar-refractivity contribution in [1.82, 2.24) is 0 Å². The standard InChI is InChI=1S/C5H7ClO.C5H8O2.CH4.Cl2OS.ClH.O2S/c2*1-3-4(2)5(6)7;;1-4(2)3;;1-3-2/h3H,1-2H3;3H,1-2H3,(H,6,7);1H4;;1H;/b2*4-3-;;;;. The number of carboxylic acids is 1. The molecule has 0 radical (unpaired) electrons. The third-order valence-corrected chi connectivity index (χ3v) is 1.81. The van der Waals surface area contributed by atoms with Gasteiger partial charge in [-0.25, -0.2) is 9.00 Å². The van der Waals surface area contributed by atoms with Crippen LogP contribution in [0, 0.1) is 0 Å². The quantitative estimate of drug-likeness (QED) is 0.496. The molecule has 0 aliphatic carbocycles. The van der Waals surface area contributed by atoms with Crippen molar-refractivity contribution < 1.29 is 27.3 Å². The lowest BCUT2D eigenvalue weighted by atomic mass is 10.3. The van der Waals surface area contributed by atoms with Crippen LogP contribution in [0.4, 0.5) is 0 Å². The number of rotatable bonds is 2. The first kappa shape index (κ1) is 38.4. The summed E-state index contributed by atoms with van der Waals surface area (Å²) in [5.41, 5.74) is 0.988. The second-order valence-corrected chi connectivity index (χ2v) is 5.78. The third-order valence-electron chi connectivity index (χ3n) is 1.51. The fourth-order valence-electron chi connectivity index (χ4n) is 0.237. The summed E-state index contributed by atoms with van der Waals surface area (Å²) in [5.74, 6) is -0.845. The zero-order valence-corrected chi connectivity index (χ0v) is 16.7. The largest absolute Gasteiger partial charge is 0.478 e. The minimum Gasteiger partial charge on any atom is -0.478 e. The topological polar surface area (TPSA) is 106 Å². The third kappa shape index (κ3) is 61.4. The summed E-state index contributed by atoms with van der Waals surface area (Å²) in [7, 11) is 7.36. The molecule has 1 N–H and O–H groups in total. The van der Waals surface area contributed by atoms with Gasteiger partial charge >= 0.3 is 17.5 Å². The molecule has 0 aliphatic heterocycles. The van der Waals surface area contributed by atoms with Crippen LogP contribution in [0.25, 0.3) is 0 Å². The molecule has 0 aromatic rings. The van der Waals surface area contributed by atoms with E-state index in [1.165, 1.54) is 0 Å². The molecular formula is C11H20Cl4O6S2. The van der Waals surface area contributed by atoms with Gasteiger partial charge in [0.05, 0.1) is 0 Å². The maximum absolute atomic E-state index is 10.1. The van der Waals surface area contributed by atoms with Gasteiger partial charge in [-0.15, -0.1) is 12.4 Å². The molecule has 0 aromatic heterocycles. The van der Waals surface area contributed by atoms with E-state index in [0.717, 1.165) is 0 Å². The molecule has 0 fully saturated rings. The summed E-state index contributed by atoms with van der Waals surface area (Å²) in [6.07, 6.45) is 3.23.